The van der Waals surface area contributed by atoms with Gasteiger partial charge in [-0.2, -0.15) is 0 Å². The molecule has 32 heavy (non-hydrogen) atoms. The lowest BCUT2D eigenvalue weighted by molar-refractivity contribution is 0.192. The highest BCUT2D eigenvalue weighted by Gasteiger charge is 2.21. The van der Waals surface area contributed by atoms with Crippen LogP contribution in [0.1, 0.15) is 37.7 Å². The number of amidine groups is 1. The van der Waals surface area contributed by atoms with Gasteiger partial charge < -0.3 is 10.6 Å². The van der Waals surface area contributed by atoms with E-state index in [-0.39, 0.29) is 0 Å². The van der Waals surface area contributed by atoms with Crippen LogP contribution in [0.25, 0.3) is 6.08 Å². The molecule has 0 unspecified atom stereocenters. The number of halogens is 2. The molecule has 2 aromatic rings. The Balaban J connectivity index is 1.32. The summed E-state index contributed by atoms with van der Waals surface area (Å²) in [5.74, 6) is 1.33. The molecule has 1 aliphatic heterocycles. The van der Waals surface area contributed by atoms with Crippen LogP contribution in [0, 0.1) is 5.92 Å². The van der Waals surface area contributed by atoms with Crippen LogP contribution in [0.15, 0.2) is 53.5 Å². The first-order valence-electron chi connectivity index (χ1n) is 11.6. The van der Waals surface area contributed by atoms with Crippen LogP contribution < -0.4 is 10.6 Å². The van der Waals surface area contributed by atoms with Crippen molar-refractivity contribution < 1.29 is 0 Å². The number of rotatable bonds is 6. The number of nitrogens with two attached hydrogens (primary N) is 1. The standard InChI is InChI=1S/C26H32Cl2N4/c27-22-8-10-23(11-9-22)30-26(29)13-7-21-6-12-24(18-25(21)28)32-16-14-31(15-17-32)19-20-4-2-1-3-5-20/h6-13,18,20H,1-5,14-17,19H2,(H2,29,30)/b13-7+. The number of anilines is 1. The monoisotopic (exact) mass is 470 g/mol. The van der Waals surface area contributed by atoms with Crippen LogP contribution in [0.5, 0.6) is 0 Å². The van der Waals surface area contributed by atoms with E-state index in [9.17, 15) is 0 Å². The van der Waals surface area contributed by atoms with Crippen LogP contribution in [0.4, 0.5) is 11.4 Å². The van der Waals surface area contributed by atoms with E-state index >= 15 is 0 Å². The van der Waals surface area contributed by atoms with Crippen molar-refractivity contribution in [3.8, 4) is 0 Å². The highest BCUT2D eigenvalue weighted by molar-refractivity contribution is 6.32. The number of piperazine rings is 1. The summed E-state index contributed by atoms with van der Waals surface area (Å²) in [6.07, 6.45) is 10.8. The maximum Gasteiger partial charge on any atom is 0.124 e. The van der Waals surface area contributed by atoms with Crippen LogP contribution in [0.2, 0.25) is 10.0 Å². The Morgan fingerprint density at radius 2 is 1.69 bits per heavy atom. The van der Waals surface area contributed by atoms with Gasteiger partial charge in [0.1, 0.15) is 5.84 Å². The molecule has 2 aliphatic rings. The van der Waals surface area contributed by atoms with E-state index in [0.717, 1.165) is 48.4 Å². The molecule has 0 atom stereocenters. The topological polar surface area (TPSA) is 44.9 Å². The third-order valence-electron chi connectivity index (χ3n) is 6.48. The van der Waals surface area contributed by atoms with Crippen molar-refractivity contribution in [2.75, 3.05) is 37.6 Å². The Kier molecular flexibility index (Phi) is 8.12. The number of hydrogen-bond donors (Lipinski definition) is 1. The average Bonchev–Trinajstić information content (AvgIpc) is 2.81. The molecule has 1 heterocycles. The third kappa shape index (κ3) is 6.50. The predicted octanol–water partition coefficient (Wildman–Crippen LogP) is 6.40. The summed E-state index contributed by atoms with van der Waals surface area (Å²) >= 11 is 12.5. The molecule has 2 N–H and O–H groups in total. The van der Waals surface area contributed by atoms with E-state index in [1.54, 1.807) is 18.2 Å². The van der Waals surface area contributed by atoms with Gasteiger partial charge in [-0.25, -0.2) is 4.99 Å². The molecule has 0 radical (unpaired) electrons. The van der Waals surface area contributed by atoms with Crippen LogP contribution in [-0.2, 0) is 0 Å². The molecular formula is C26H32Cl2N4. The average molecular weight is 471 g/mol. The van der Waals surface area contributed by atoms with Crippen molar-refractivity contribution in [1.29, 1.82) is 0 Å². The van der Waals surface area contributed by atoms with E-state index in [1.807, 2.05) is 18.2 Å². The maximum absolute atomic E-state index is 6.58. The molecule has 4 nitrogen and oxygen atoms in total. The summed E-state index contributed by atoms with van der Waals surface area (Å²) in [4.78, 5) is 9.46. The van der Waals surface area contributed by atoms with Gasteiger partial charge in [-0.05, 0) is 72.9 Å². The zero-order valence-electron chi connectivity index (χ0n) is 18.5. The van der Waals surface area contributed by atoms with E-state index in [4.69, 9.17) is 28.9 Å². The van der Waals surface area contributed by atoms with Crippen LogP contribution >= 0.6 is 23.2 Å². The van der Waals surface area contributed by atoms with Crippen molar-refractivity contribution in [3.63, 3.8) is 0 Å². The molecule has 4 rings (SSSR count). The Morgan fingerprint density at radius 3 is 2.38 bits per heavy atom. The zero-order chi connectivity index (χ0) is 22.3. The fraction of sp³-hybridized carbons (Fsp3) is 0.423. The Bertz CT molecular complexity index is 941. The van der Waals surface area contributed by atoms with Crippen molar-refractivity contribution in [2.45, 2.75) is 32.1 Å². The van der Waals surface area contributed by atoms with Crippen molar-refractivity contribution >= 4 is 46.5 Å². The van der Waals surface area contributed by atoms with E-state index in [2.05, 4.69) is 33.0 Å². The minimum atomic E-state index is 0.418. The Labute approximate surface area is 201 Å². The summed E-state index contributed by atoms with van der Waals surface area (Å²) < 4.78 is 0. The first-order chi connectivity index (χ1) is 15.6. The lowest BCUT2D eigenvalue weighted by Gasteiger charge is -2.38. The van der Waals surface area contributed by atoms with Gasteiger partial charge >= 0.3 is 0 Å². The lowest BCUT2D eigenvalue weighted by atomic mass is 9.89. The molecule has 6 heteroatoms. The Morgan fingerprint density at radius 1 is 0.969 bits per heavy atom. The van der Waals surface area contributed by atoms with Crippen LogP contribution in [0.3, 0.4) is 0 Å². The van der Waals surface area contributed by atoms with Gasteiger partial charge in [0.05, 0.1) is 5.69 Å². The Hall–Kier alpha value is -2.01. The minimum absolute atomic E-state index is 0.418. The van der Waals surface area contributed by atoms with E-state index in [0.29, 0.717) is 10.9 Å². The second-order valence-electron chi connectivity index (χ2n) is 8.84. The molecule has 1 saturated carbocycles. The molecule has 1 saturated heterocycles. The van der Waals surface area contributed by atoms with Gasteiger partial charge in [0, 0.05) is 48.5 Å². The summed E-state index contributed by atoms with van der Waals surface area (Å²) in [5, 5.41) is 1.40. The molecule has 170 valence electrons. The second-order valence-corrected chi connectivity index (χ2v) is 9.69. The minimum Gasteiger partial charge on any atom is -0.384 e. The van der Waals surface area contributed by atoms with Gasteiger partial charge in [-0.1, -0.05) is 48.5 Å². The number of aliphatic imine (C=N–C) groups is 1. The normalized spacial score (nSPS) is 19.1. The highest BCUT2D eigenvalue weighted by atomic mass is 35.5. The maximum atomic E-state index is 6.58. The van der Waals surface area contributed by atoms with Gasteiger partial charge in [-0.15, -0.1) is 0 Å². The van der Waals surface area contributed by atoms with Crippen molar-refractivity contribution in [1.82, 2.24) is 4.90 Å². The quantitative estimate of drug-likeness (QED) is 0.392. The molecule has 2 fully saturated rings. The van der Waals surface area contributed by atoms with Gasteiger partial charge in [-0.3, -0.25) is 4.90 Å². The molecular weight excluding hydrogens is 439 g/mol. The predicted molar refractivity (Wildman–Crippen MR) is 138 cm³/mol. The second kappa shape index (κ2) is 11.2. The van der Waals surface area contributed by atoms with Gasteiger partial charge in [0.25, 0.3) is 0 Å². The fourth-order valence-electron chi connectivity index (χ4n) is 4.65. The molecule has 2 aromatic carbocycles. The van der Waals surface area contributed by atoms with Crippen molar-refractivity contribution in [2.24, 2.45) is 16.6 Å². The number of nitrogens with zero attached hydrogens (tertiary/aromatic N) is 3. The SMILES string of the molecule is NC(/C=C/c1ccc(N2CCN(CC3CCCCC3)CC2)cc1Cl)=Nc1ccc(Cl)cc1. The van der Waals surface area contributed by atoms with Gasteiger partial charge in [0.2, 0.25) is 0 Å². The fourth-order valence-corrected chi connectivity index (χ4v) is 5.01. The van der Waals surface area contributed by atoms with E-state index < -0.39 is 0 Å². The highest BCUT2D eigenvalue weighted by Crippen LogP contribution is 2.27. The number of benzene rings is 2. The first kappa shape index (κ1) is 23.2. The number of hydrogen-bond acceptors (Lipinski definition) is 3. The third-order valence-corrected chi connectivity index (χ3v) is 7.06. The lowest BCUT2D eigenvalue weighted by Crippen LogP contribution is -2.48. The van der Waals surface area contributed by atoms with E-state index in [1.165, 1.54) is 44.3 Å². The first-order valence-corrected chi connectivity index (χ1v) is 12.4. The molecule has 1 aliphatic carbocycles. The summed E-state index contributed by atoms with van der Waals surface area (Å²) in [7, 11) is 0. The van der Waals surface area contributed by atoms with Crippen molar-refractivity contribution in [3.05, 3.63) is 64.1 Å². The molecule has 0 aromatic heterocycles. The summed E-state index contributed by atoms with van der Waals surface area (Å²) in [5.41, 5.74) is 8.93. The molecule has 0 amide bonds. The molecule has 0 spiro atoms. The largest absolute Gasteiger partial charge is 0.384 e. The van der Waals surface area contributed by atoms with Crippen LogP contribution in [-0.4, -0.2) is 43.5 Å². The molecule has 0 bridgehead atoms. The zero-order valence-corrected chi connectivity index (χ0v) is 20.0. The smallest absolute Gasteiger partial charge is 0.124 e. The summed E-state index contributed by atoms with van der Waals surface area (Å²) in [6, 6.07) is 13.5. The van der Waals surface area contributed by atoms with Gasteiger partial charge in [0.15, 0.2) is 0 Å². The summed E-state index contributed by atoms with van der Waals surface area (Å²) in [6.45, 7) is 5.65.